The molecule has 0 radical (unpaired) electrons. The minimum Gasteiger partial charge on any atom is -0.489 e. The number of rotatable bonds is 7. The van der Waals surface area contributed by atoms with Crippen molar-refractivity contribution in [2.75, 3.05) is 5.32 Å². The Hall–Kier alpha value is -2.61. The second-order valence-electron chi connectivity index (χ2n) is 6.06. The molecule has 0 heterocycles. The number of nitrogens with one attached hydrogen (secondary N) is 1. The highest BCUT2D eigenvalue weighted by atomic mass is 35.5. The molecular formula is C20H18ClFN2O3S. The average molecular weight is 421 g/mol. The molecule has 5 nitrogen and oxygen atoms in total. The number of sulfonamides is 1. The Morgan fingerprint density at radius 1 is 1.00 bits per heavy atom. The van der Waals surface area contributed by atoms with Gasteiger partial charge in [-0.05, 0) is 54.1 Å². The maximum absolute atomic E-state index is 13.8. The Morgan fingerprint density at radius 2 is 1.68 bits per heavy atom. The number of ether oxygens (including phenoxy) is 1. The quantitative estimate of drug-likeness (QED) is 0.596. The Bertz CT molecular complexity index is 1040. The Labute approximate surface area is 168 Å². The van der Waals surface area contributed by atoms with Gasteiger partial charge in [-0.2, -0.15) is 0 Å². The average Bonchev–Trinajstić information content (AvgIpc) is 2.66. The molecule has 0 atom stereocenters. The lowest BCUT2D eigenvalue weighted by Crippen LogP contribution is -2.12. The van der Waals surface area contributed by atoms with Crippen molar-refractivity contribution in [3.8, 4) is 5.75 Å². The summed E-state index contributed by atoms with van der Waals surface area (Å²) in [6, 6.07) is 18.0. The van der Waals surface area contributed by atoms with E-state index in [9.17, 15) is 12.8 Å². The van der Waals surface area contributed by atoms with Gasteiger partial charge in [0.15, 0.2) is 0 Å². The van der Waals surface area contributed by atoms with Crippen LogP contribution < -0.4 is 15.2 Å². The zero-order valence-electron chi connectivity index (χ0n) is 14.7. The predicted molar refractivity (Wildman–Crippen MR) is 107 cm³/mol. The molecule has 28 heavy (non-hydrogen) atoms. The first-order valence-corrected chi connectivity index (χ1v) is 10.3. The minimum absolute atomic E-state index is 0.0412. The molecule has 0 aliphatic carbocycles. The molecule has 8 heteroatoms. The van der Waals surface area contributed by atoms with Crippen molar-refractivity contribution in [2.24, 2.45) is 5.14 Å². The molecule has 3 aromatic rings. The van der Waals surface area contributed by atoms with Gasteiger partial charge in [0.2, 0.25) is 10.0 Å². The molecule has 0 aromatic heterocycles. The highest BCUT2D eigenvalue weighted by Crippen LogP contribution is 2.22. The lowest BCUT2D eigenvalue weighted by molar-refractivity contribution is 0.300. The van der Waals surface area contributed by atoms with Crippen LogP contribution in [0.3, 0.4) is 0 Å². The summed E-state index contributed by atoms with van der Waals surface area (Å²) in [6.45, 7) is 0.577. The number of nitrogens with two attached hydrogens (primary N) is 1. The van der Waals surface area contributed by atoms with Gasteiger partial charge in [-0.1, -0.05) is 29.8 Å². The molecule has 146 valence electrons. The summed E-state index contributed by atoms with van der Waals surface area (Å²) in [6.07, 6.45) is 0. The largest absolute Gasteiger partial charge is 0.489 e. The van der Waals surface area contributed by atoms with Crippen LogP contribution in [0.2, 0.25) is 5.02 Å². The van der Waals surface area contributed by atoms with Crippen LogP contribution in [0.4, 0.5) is 10.1 Å². The maximum atomic E-state index is 13.8. The summed E-state index contributed by atoms with van der Waals surface area (Å²) in [5.41, 5.74) is 2.08. The summed E-state index contributed by atoms with van der Waals surface area (Å²) < 4.78 is 41.9. The van der Waals surface area contributed by atoms with E-state index in [4.69, 9.17) is 21.5 Å². The predicted octanol–water partition coefficient (Wildman–Crippen LogP) is 4.32. The van der Waals surface area contributed by atoms with Crippen LogP contribution in [-0.4, -0.2) is 8.42 Å². The van der Waals surface area contributed by atoms with Crippen LogP contribution >= 0.6 is 11.6 Å². The normalized spacial score (nSPS) is 11.2. The van der Waals surface area contributed by atoms with E-state index in [0.29, 0.717) is 22.9 Å². The summed E-state index contributed by atoms with van der Waals surface area (Å²) >= 11 is 5.99. The number of benzene rings is 3. The number of anilines is 1. The molecule has 3 rings (SSSR count). The van der Waals surface area contributed by atoms with Gasteiger partial charge in [-0.3, -0.25) is 0 Å². The lowest BCUT2D eigenvalue weighted by Gasteiger charge is -2.10. The van der Waals surface area contributed by atoms with Gasteiger partial charge in [0.1, 0.15) is 18.2 Å². The lowest BCUT2D eigenvalue weighted by atomic mass is 10.2. The molecule has 0 aliphatic heterocycles. The van der Waals surface area contributed by atoms with E-state index in [2.05, 4.69) is 5.32 Å². The first kappa shape index (κ1) is 20.1. The van der Waals surface area contributed by atoms with Crippen LogP contribution in [0.25, 0.3) is 0 Å². The number of hydrogen-bond acceptors (Lipinski definition) is 4. The fraction of sp³-hybridized carbons (Fsp3) is 0.100. The second-order valence-corrected chi connectivity index (χ2v) is 8.02. The zero-order valence-corrected chi connectivity index (χ0v) is 16.3. The third-order valence-electron chi connectivity index (χ3n) is 4.05. The Balaban J connectivity index is 1.56. The van der Waals surface area contributed by atoms with Crippen molar-refractivity contribution in [1.82, 2.24) is 0 Å². The first-order chi connectivity index (χ1) is 13.3. The molecular weight excluding hydrogens is 403 g/mol. The van der Waals surface area contributed by atoms with Crippen LogP contribution in [0.5, 0.6) is 5.75 Å². The van der Waals surface area contributed by atoms with Gasteiger partial charge < -0.3 is 10.1 Å². The van der Waals surface area contributed by atoms with Crippen LogP contribution in [0, 0.1) is 5.82 Å². The fourth-order valence-electron chi connectivity index (χ4n) is 2.50. The van der Waals surface area contributed by atoms with E-state index in [-0.39, 0.29) is 11.5 Å². The van der Waals surface area contributed by atoms with Crippen LogP contribution in [0.15, 0.2) is 71.6 Å². The summed E-state index contributed by atoms with van der Waals surface area (Å²) in [5.74, 6) is 0.197. The highest BCUT2D eigenvalue weighted by molar-refractivity contribution is 7.89. The zero-order chi connectivity index (χ0) is 20.1. The maximum Gasteiger partial charge on any atom is 0.238 e. The van der Waals surface area contributed by atoms with Crippen molar-refractivity contribution in [1.29, 1.82) is 0 Å². The monoisotopic (exact) mass is 420 g/mol. The van der Waals surface area contributed by atoms with E-state index >= 15 is 0 Å². The molecule has 0 saturated heterocycles. The van der Waals surface area contributed by atoms with Crippen molar-refractivity contribution in [2.45, 2.75) is 18.0 Å². The molecule has 3 N–H and O–H groups in total. The molecule has 0 bridgehead atoms. The van der Waals surface area contributed by atoms with Gasteiger partial charge in [0.25, 0.3) is 0 Å². The van der Waals surface area contributed by atoms with E-state index in [0.717, 1.165) is 11.3 Å². The van der Waals surface area contributed by atoms with Crippen LogP contribution in [0.1, 0.15) is 11.1 Å². The molecule has 0 spiro atoms. The molecule has 0 amide bonds. The van der Waals surface area contributed by atoms with Crippen molar-refractivity contribution >= 4 is 27.3 Å². The van der Waals surface area contributed by atoms with E-state index < -0.39 is 15.8 Å². The summed E-state index contributed by atoms with van der Waals surface area (Å²) in [7, 11) is -3.70. The van der Waals surface area contributed by atoms with Crippen LogP contribution in [-0.2, 0) is 23.2 Å². The van der Waals surface area contributed by atoms with Crippen molar-refractivity contribution in [3.63, 3.8) is 0 Å². The summed E-state index contributed by atoms with van der Waals surface area (Å²) in [4.78, 5) is 0.0644. The second kappa shape index (κ2) is 8.60. The minimum atomic E-state index is -3.70. The smallest absolute Gasteiger partial charge is 0.238 e. The SMILES string of the molecule is NS(=O)(=O)c1ccc(NCc2ccc(OCc3c(F)cccc3Cl)cc2)cc1. The van der Waals surface area contributed by atoms with Gasteiger partial charge in [0, 0.05) is 17.8 Å². The highest BCUT2D eigenvalue weighted by Gasteiger charge is 2.08. The summed E-state index contributed by atoms with van der Waals surface area (Å²) in [5, 5.41) is 8.59. The fourth-order valence-corrected chi connectivity index (χ4v) is 3.23. The Morgan fingerprint density at radius 3 is 2.29 bits per heavy atom. The third-order valence-corrected chi connectivity index (χ3v) is 5.33. The topological polar surface area (TPSA) is 81.4 Å². The molecule has 3 aromatic carbocycles. The van der Waals surface area contributed by atoms with Crippen molar-refractivity contribution < 1.29 is 17.5 Å². The molecule has 0 saturated carbocycles. The standard InChI is InChI=1S/C20H18ClFN2O3S/c21-19-2-1-3-20(22)18(19)13-27-16-8-4-14(5-9-16)12-24-15-6-10-17(11-7-15)28(23,25)26/h1-11,24H,12-13H2,(H2,23,25,26). The Kier molecular flexibility index (Phi) is 6.18. The van der Waals surface area contributed by atoms with Crippen molar-refractivity contribution in [3.05, 3.63) is 88.7 Å². The van der Waals surface area contributed by atoms with E-state index in [1.54, 1.807) is 36.4 Å². The van der Waals surface area contributed by atoms with Gasteiger partial charge in [-0.15, -0.1) is 0 Å². The van der Waals surface area contributed by atoms with Gasteiger partial charge in [0.05, 0.1) is 9.92 Å². The van der Waals surface area contributed by atoms with E-state index in [1.807, 2.05) is 12.1 Å². The van der Waals surface area contributed by atoms with Gasteiger partial charge in [-0.25, -0.2) is 17.9 Å². The molecule has 0 unspecified atom stereocenters. The first-order valence-electron chi connectivity index (χ1n) is 8.34. The third kappa shape index (κ3) is 5.22. The molecule has 0 fully saturated rings. The molecule has 0 aliphatic rings. The number of halogens is 2. The van der Waals surface area contributed by atoms with E-state index in [1.165, 1.54) is 18.2 Å². The number of primary sulfonamides is 1. The van der Waals surface area contributed by atoms with Gasteiger partial charge >= 0.3 is 0 Å². The number of hydrogen-bond donors (Lipinski definition) is 2.